The molecule has 0 unspecified atom stereocenters. The second-order valence-corrected chi connectivity index (χ2v) is 6.55. The van der Waals surface area contributed by atoms with Crippen LogP contribution in [0.25, 0.3) is 0 Å². The third-order valence-electron chi connectivity index (χ3n) is 4.01. The highest BCUT2D eigenvalue weighted by Gasteiger charge is 2.10. The van der Waals surface area contributed by atoms with Crippen LogP contribution in [0.4, 0.5) is 0 Å². The van der Waals surface area contributed by atoms with E-state index in [4.69, 9.17) is 4.74 Å². The summed E-state index contributed by atoms with van der Waals surface area (Å²) in [4.78, 5) is 29.4. The van der Waals surface area contributed by atoms with Crippen LogP contribution in [0.15, 0.2) is 84.0 Å². The SMILES string of the molecule is CC(C)N=c1ccccn1C(=O)COc1ccc(C(=O)c2ccccc2)cc1. The molecular weight excluding hydrogens is 352 g/mol. The minimum atomic E-state index is -0.218. The van der Waals surface area contributed by atoms with E-state index in [2.05, 4.69) is 4.99 Å². The Bertz CT molecular complexity index is 1020. The summed E-state index contributed by atoms with van der Waals surface area (Å²) in [5.74, 6) is 0.254. The number of ketones is 1. The summed E-state index contributed by atoms with van der Waals surface area (Å²) in [5, 5.41) is 0. The summed E-state index contributed by atoms with van der Waals surface area (Å²) in [6.45, 7) is 3.79. The Balaban J connectivity index is 1.67. The van der Waals surface area contributed by atoms with E-state index in [9.17, 15) is 9.59 Å². The molecule has 0 atom stereocenters. The average molecular weight is 374 g/mol. The second kappa shape index (κ2) is 8.95. The number of ether oxygens (including phenoxy) is 1. The van der Waals surface area contributed by atoms with Crippen molar-refractivity contribution in [1.82, 2.24) is 4.57 Å². The quantitative estimate of drug-likeness (QED) is 0.618. The number of nitrogens with zero attached hydrogens (tertiary/aromatic N) is 2. The van der Waals surface area contributed by atoms with Crippen molar-refractivity contribution in [2.24, 2.45) is 4.99 Å². The molecule has 0 saturated heterocycles. The van der Waals surface area contributed by atoms with E-state index in [1.165, 1.54) is 4.57 Å². The summed E-state index contributed by atoms with van der Waals surface area (Å²) >= 11 is 0. The van der Waals surface area contributed by atoms with Gasteiger partial charge in [0.1, 0.15) is 11.2 Å². The second-order valence-electron chi connectivity index (χ2n) is 6.55. The van der Waals surface area contributed by atoms with Crippen LogP contribution in [0.5, 0.6) is 5.75 Å². The van der Waals surface area contributed by atoms with Gasteiger partial charge in [-0.15, -0.1) is 0 Å². The predicted molar refractivity (Wildman–Crippen MR) is 108 cm³/mol. The van der Waals surface area contributed by atoms with Gasteiger partial charge < -0.3 is 4.74 Å². The van der Waals surface area contributed by atoms with Gasteiger partial charge >= 0.3 is 0 Å². The zero-order valence-electron chi connectivity index (χ0n) is 15.9. The van der Waals surface area contributed by atoms with E-state index in [1.54, 1.807) is 54.7 Å². The molecule has 3 rings (SSSR count). The molecule has 0 radical (unpaired) electrons. The number of benzene rings is 2. The smallest absolute Gasteiger partial charge is 0.270 e. The molecule has 0 aliphatic rings. The first kappa shape index (κ1) is 19.3. The lowest BCUT2D eigenvalue weighted by atomic mass is 10.0. The number of carbonyl (C=O) groups is 2. The van der Waals surface area contributed by atoms with Gasteiger partial charge in [0.15, 0.2) is 12.4 Å². The summed E-state index contributed by atoms with van der Waals surface area (Å²) < 4.78 is 7.08. The molecule has 1 aromatic heterocycles. The van der Waals surface area contributed by atoms with Crippen LogP contribution in [0.2, 0.25) is 0 Å². The minimum Gasteiger partial charge on any atom is -0.484 e. The van der Waals surface area contributed by atoms with Crippen molar-refractivity contribution in [2.45, 2.75) is 19.9 Å². The van der Waals surface area contributed by atoms with Crippen molar-refractivity contribution in [3.05, 3.63) is 95.6 Å². The van der Waals surface area contributed by atoms with Crippen LogP contribution < -0.4 is 10.2 Å². The number of rotatable bonds is 6. The van der Waals surface area contributed by atoms with Crippen molar-refractivity contribution in [2.75, 3.05) is 6.61 Å². The molecule has 1 heterocycles. The summed E-state index contributed by atoms with van der Waals surface area (Å²) in [6, 6.07) is 21.4. The highest BCUT2D eigenvalue weighted by Crippen LogP contribution is 2.15. The Hall–Kier alpha value is -3.47. The van der Waals surface area contributed by atoms with Gasteiger partial charge in [-0.2, -0.15) is 0 Å². The Morgan fingerprint density at radius 2 is 1.54 bits per heavy atom. The van der Waals surface area contributed by atoms with Crippen LogP contribution in [-0.2, 0) is 0 Å². The highest BCUT2D eigenvalue weighted by molar-refractivity contribution is 6.08. The summed E-state index contributed by atoms with van der Waals surface area (Å²) in [7, 11) is 0. The molecule has 28 heavy (non-hydrogen) atoms. The Morgan fingerprint density at radius 1 is 0.893 bits per heavy atom. The van der Waals surface area contributed by atoms with Gasteiger partial charge in [0.25, 0.3) is 5.91 Å². The Kier molecular flexibility index (Phi) is 6.17. The number of hydrogen-bond donors (Lipinski definition) is 0. The summed E-state index contributed by atoms with van der Waals surface area (Å²) in [6.07, 6.45) is 1.68. The Morgan fingerprint density at radius 3 is 2.21 bits per heavy atom. The van der Waals surface area contributed by atoms with E-state index in [0.717, 1.165) is 0 Å². The van der Waals surface area contributed by atoms with Crippen molar-refractivity contribution in [3.8, 4) is 5.75 Å². The predicted octanol–water partition coefficient (Wildman–Crippen LogP) is 3.75. The summed E-state index contributed by atoms with van der Waals surface area (Å²) in [5.41, 5.74) is 1.79. The molecule has 142 valence electrons. The zero-order chi connectivity index (χ0) is 19.9. The van der Waals surface area contributed by atoms with Gasteiger partial charge in [0, 0.05) is 23.4 Å². The molecule has 5 heteroatoms. The molecule has 0 fully saturated rings. The van der Waals surface area contributed by atoms with Gasteiger partial charge in [-0.25, -0.2) is 0 Å². The normalized spacial score (nSPS) is 11.5. The molecule has 0 aliphatic heterocycles. The van der Waals surface area contributed by atoms with Crippen LogP contribution >= 0.6 is 0 Å². The van der Waals surface area contributed by atoms with Crippen LogP contribution in [0.1, 0.15) is 34.6 Å². The molecule has 5 nitrogen and oxygen atoms in total. The van der Waals surface area contributed by atoms with E-state index in [-0.39, 0.29) is 24.3 Å². The number of carbonyl (C=O) groups excluding carboxylic acids is 2. The largest absolute Gasteiger partial charge is 0.484 e. The fourth-order valence-corrected chi connectivity index (χ4v) is 2.69. The van der Waals surface area contributed by atoms with Crippen molar-refractivity contribution in [3.63, 3.8) is 0 Å². The highest BCUT2D eigenvalue weighted by atomic mass is 16.5. The average Bonchev–Trinajstić information content (AvgIpc) is 2.72. The van der Waals surface area contributed by atoms with Gasteiger partial charge in [-0.3, -0.25) is 19.1 Å². The first-order valence-electron chi connectivity index (χ1n) is 9.12. The minimum absolute atomic E-state index is 0.0528. The van der Waals surface area contributed by atoms with Crippen molar-refractivity contribution in [1.29, 1.82) is 0 Å². The lowest BCUT2D eigenvalue weighted by Crippen LogP contribution is -2.31. The lowest BCUT2D eigenvalue weighted by molar-refractivity contribution is 0.0831. The maximum atomic E-state index is 12.5. The van der Waals surface area contributed by atoms with Crippen molar-refractivity contribution < 1.29 is 14.3 Å². The third kappa shape index (κ3) is 4.82. The van der Waals surface area contributed by atoms with Gasteiger partial charge in [0.05, 0.1) is 0 Å². The van der Waals surface area contributed by atoms with Gasteiger partial charge in [-0.1, -0.05) is 36.4 Å². The molecule has 0 amide bonds. The molecule has 2 aromatic carbocycles. The number of aromatic nitrogens is 1. The van der Waals surface area contributed by atoms with Crippen LogP contribution in [-0.4, -0.2) is 28.9 Å². The van der Waals surface area contributed by atoms with E-state index in [1.807, 2.05) is 38.1 Å². The van der Waals surface area contributed by atoms with Gasteiger partial charge in [0.2, 0.25) is 0 Å². The third-order valence-corrected chi connectivity index (χ3v) is 4.01. The standard InChI is InChI=1S/C23H22N2O3/c1-17(2)24-21-10-6-7-15-25(21)22(26)16-28-20-13-11-19(12-14-20)23(27)18-8-4-3-5-9-18/h3-15,17H,16H2,1-2H3. The maximum absolute atomic E-state index is 12.5. The fourth-order valence-electron chi connectivity index (χ4n) is 2.69. The first-order valence-corrected chi connectivity index (χ1v) is 9.12. The monoisotopic (exact) mass is 374 g/mol. The first-order chi connectivity index (χ1) is 13.5. The molecule has 0 spiro atoms. The molecule has 0 bridgehead atoms. The van der Waals surface area contributed by atoms with Gasteiger partial charge in [-0.05, 0) is 50.2 Å². The number of hydrogen-bond acceptors (Lipinski definition) is 4. The topological polar surface area (TPSA) is 60.7 Å². The van der Waals surface area contributed by atoms with Crippen LogP contribution in [0.3, 0.4) is 0 Å². The maximum Gasteiger partial charge on any atom is 0.270 e. The molecule has 0 N–H and O–H groups in total. The van der Waals surface area contributed by atoms with E-state index < -0.39 is 0 Å². The number of pyridine rings is 1. The lowest BCUT2D eigenvalue weighted by Gasteiger charge is -2.09. The zero-order valence-corrected chi connectivity index (χ0v) is 15.9. The fraction of sp³-hybridized carbons (Fsp3) is 0.174. The molecule has 0 aliphatic carbocycles. The molecule has 0 saturated carbocycles. The van der Waals surface area contributed by atoms with Crippen LogP contribution in [0, 0.1) is 0 Å². The molecule has 3 aromatic rings. The van der Waals surface area contributed by atoms with E-state index >= 15 is 0 Å². The van der Waals surface area contributed by atoms with Crippen molar-refractivity contribution >= 4 is 11.7 Å². The molecular formula is C23H22N2O3. The van der Waals surface area contributed by atoms with E-state index in [0.29, 0.717) is 22.4 Å². The Labute approximate surface area is 163 Å².